The summed E-state index contributed by atoms with van der Waals surface area (Å²) in [5.41, 5.74) is 0.292. The maximum atomic E-state index is 12.1. The van der Waals surface area contributed by atoms with Crippen LogP contribution in [0.2, 0.25) is 5.02 Å². The summed E-state index contributed by atoms with van der Waals surface area (Å²) in [6.07, 6.45) is 0. The molecule has 2 aromatic rings. The molecular formula is C15H15BrClNO2S. The molecule has 21 heavy (non-hydrogen) atoms. The van der Waals surface area contributed by atoms with Crippen molar-refractivity contribution in [3.63, 3.8) is 0 Å². The Kier molecular flexibility index (Phi) is 5.43. The molecule has 1 heterocycles. The molecule has 2 rings (SSSR count). The van der Waals surface area contributed by atoms with Gasteiger partial charge in [0, 0.05) is 22.0 Å². The van der Waals surface area contributed by atoms with E-state index in [0.29, 0.717) is 16.4 Å². The van der Waals surface area contributed by atoms with Gasteiger partial charge in [0.05, 0.1) is 11.4 Å². The van der Waals surface area contributed by atoms with Crippen LogP contribution in [0, 0.1) is 0 Å². The molecule has 1 aromatic carbocycles. The lowest BCUT2D eigenvalue weighted by Crippen LogP contribution is -2.39. The molecule has 1 aromatic heterocycles. The van der Waals surface area contributed by atoms with E-state index in [1.807, 2.05) is 36.6 Å². The van der Waals surface area contributed by atoms with Crippen molar-refractivity contribution in [3.8, 4) is 0 Å². The van der Waals surface area contributed by atoms with Crippen LogP contribution in [-0.4, -0.2) is 19.6 Å². The van der Waals surface area contributed by atoms with Crippen LogP contribution in [0.4, 0.5) is 0 Å². The van der Waals surface area contributed by atoms with Gasteiger partial charge in [0.2, 0.25) is 0 Å². The second-order valence-corrected chi connectivity index (χ2v) is 7.02. The van der Waals surface area contributed by atoms with Crippen LogP contribution in [-0.2, 0) is 10.3 Å². The number of halogens is 2. The highest BCUT2D eigenvalue weighted by atomic mass is 79.9. The average molecular weight is 389 g/mol. The molecule has 1 unspecified atom stereocenters. The molecule has 0 aliphatic carbocycles. The standard InChI is InChI=1S/C15H15BrClNO2S/c1-15(20-2,10-4-3-5-12(17)6-10)9-18-14(19)13-7-11(16)8-21-13/h3-8H,9H2,1-2H3,(H,18,19). The smallest absolute Gasteiger partial charge is 0.261 e. The predicted octanol–water partition coefficient (Wildman–Crippen LogP) is 4.46. The molecule has 1 N–H and O–H groups in total. The number of carbonyl (C=O) groups is 1. The van der Waals surface area contributed by atoms with E-state index in [1.165, 1.54) is 11.3 Å². The number of benzene rings is 1. The second-order valence-electron chi connectivity index (χ2n) is 4.76. The van der Waals surface area contributed by atoms with E-state index in [9.17, 15) is 4.79 Å². The van der Waals surface area contributed by atoms with Crippen LogP contribution in [0.25, 0.3) is 0 Å². The maximum absolute atomic E-state index is 12.1. The van der Waals surface area contributed by atoms with Crippen LogP contribution in [0.5, 0.6) is 0 Å². The van der Waals surface area contributed by atoms with Crippen LogP contribution in [0.3, 0.4) is 0 Å². The number of carbonyl (C=O) groups excluding carboxylic acids is 1. The van der Waals surface area contributed by atoms with Gasteiger partial charge in [0.25, 0.3) is 5.91 Å². The monoisotopic (exact) mass is 387 g/mol. The van der Waals surface area contributed by atoms with Crippen LogP contribution in [0.1, 0.15) is 22.2 Å². The molecule has 6 heteroatoms. The Bertz CT molecular complexity index is 646. The van der Waals surface area contributed by atoms with E-state index in [1.54, 1.807) is 13.2 Å². The van der Waals surface area contributed by atoms with Gasteiger partial charge in [-0.2, -0.15) is 0 Å². The minimum atomic E-state index is -0.630. The number of thiophene rings is 1. The summed E-state index contributed by atoms with van der Waals surface area (Å²) in [6.45, 7) is 2.28. The summed E-state index contributed by atoms with van der Waals surface area (Å²) in [5.74, 6) is -0.115. The lowest BCUT2D eigenvalue weighted by Gasteiger charge is -2.29. The molecule has 0 aliphatic rings. The van der Waals surface area contributed by atoms with Crippen molar-refractivity contribution < 1.29 is 9.53 Å². The Morgan fingerprint density at radius 2 is 2.24 bits per heavy atom. The molecule has 0 bridgehead atoms. The minimum absolute atomic E-state index is 0.115. The summed E-state index contributed by atoms with van der Waals surface area (Å²) < 4.78 is 6.50. The van der Waals surface area contributed by atoms with E-state index in [-0.39, 0.29) is 5.91 Å². The molecule has 0 saturated carbocycles. The van der Waals surface area contributed by atoms with Gasteiger partial charge in [0.15, 0.2) is 0 Å². The topological polar surface area (TPSA) is 38.3 Å². The van der Waals surface area contributed by atoms with E-state index in [4.69, 9.17) is 16.3 Å². The summed E-state index contributed by atoms with van der Waals surface area (Å²) in [7, 11) is 1.62. The van der Waals surface area contributed by atoms with Crippen LogP contribution < -0.4 is 5.32 Å². The molecule has 112 valence electrons. The largest absolute Gasteiger partial charge is 0.372 e. The average Bonchev–Trinajstić information content (AvgIpc) is 2.91. The Labute approximate surface area is 141 Å². The Balaban J connectivity index is 2.10. The molecule has 1 atom stereocenters. The van der Waals surface area contributed by atoms with Gasteiger partial charge in [-0.1, -0.05) is 23.7 Å². The third-order valence-corrected chi connectivity index (χ3v) is 5.19. The van der Waals surface area contributed by atoms with Crippen molar-refractivity contribution in [1.82, 2.24) is 5.32 Å². The first kappa shape index (κ1) is 16.5. The fourth-order valence-corrected chi connectivity index (χ4v) is 3.41. The van der Waals surface area contributed by atoms with Gasteiger partial charge in [-0.15, -0.1) is 11.3 Å². The van der Waals surface area contributed by atoms with Gasteiger partial charge >= 0.3 is 0 Å². The zero-order chi connectivity index (χ0) is 15.5. The van der Waals surface area contributed by atoms with Crippen molar-refractivity contribution in [1.29, 1.82) is 0 Å². The maximum Gasteiger partial charge on any atom is 0.261 e. The van der Waals surface area contributed by atoms with Gasteiger partial charge in [0.1, 0.15) is 5.60 Å². The van der Waals surface area contributed by atoms with Crippen molar-refractivity contribution in [2.45, 2.75) is 12.5 Å². The fourth-order valence-electron chi connectivity index (χ4n) is 1.88. The molecule has 1 amide bonds. The summed E-state index contributed by atoms with van der Waals surface area (Å²) in [4.78, 5) is 12.8. The van der Waals surface area contributed by atoms with Gasteiger partial charge in [-0.3, -0.25) is 4.79 Å². The van der Waals surface area contributed by atoms with Gasteiger partial charge in [-0.25, -0.2) is 0 Å². The number of amides is 1. The van der Waals surface area contributed by atoms with Crippen molar-refractivity contribution >= 4 is 44.8 Å². The Morgan fingerprint density at radius 1 is 1.48 bits per heavy atom. The van der Waals surface area contributed by atoms with Crippen LogP contribution in [0.15, 0.2) is 40.2 Å². The predicted molar refractivity (Wildman–Crippen MR) is 90.2 cm³/mol. The first-order valence-electron chi connectivity index (χ1n) is 6.28. The Hall–Kier alpha value is -0.880. The second kappa shape index (κ2) is 6.92. The summed E-state index contributed by atoms with van der Waals surface area (Å²) in [5, 5.41) is 5.42. The third kappa shape index (κ3) is 4.07. The lowest BCUT2D eigenvalue weighted by molar-refractivity contribution is 0.00319. The molecular weight excluding hydrogens is 374 g/mol. The van der Waals surface area contributed by atoms with Crippen LogP contribution >= 0.6 is 38.9 Å². The molecule has 0 spiro atoms. The highest BCUT2D eigenvalue weighted by Crippen LogP contribution is 2.26. The molecule has 0 fully saturated rings. The number of hydrogen-bond acceptors (Lipinski definition) is 3. The van der Waals surface area contributed by atoms with E-state index < -0.39 is 5.60 Å². The number of rotatable bonds is 5. The van der Waals surface area contributed by atoms with E-state index >= 15 is 0 Å². The summed E-state index contributed by atoms with van der Waals surface area (Å²) >= 11 is 10.8. The van der Waals surface area contributed by atoms with E-state index in [0.717, 1.165) is 10.0 Å². The van der Waals surface area contributed by atoms with Gasteiger partial charge in [-0.05, 0) is 46.6 Å². The molecule has 0 saturated heterocycles. The zero-order valence-corrected chi connectivity index (χ0v) is 14.8. The van der Waals surface area contributed by atoms with Gasteiger partial charge < -0.3 is 10.1 Å². The number of methoxy groups -OCH3 is 1. The highest BCUT2D eigenvalue weighted by Gasteiger charge is 2.27. The number of nitrogens with one attached hydrogen (secondary N) is 1. The summed E-state index contributed by atoms with van der Waals surface area (Å²) in [6, 6.07) is 9.25. The van der Waals surface area contributed by atoms with Crippen molar-refractivity contribution in [2.24, 2.45) is 0 Å². The molecule has 0 radical (unpaired) electrons. The first-order chi connectivity index (χ1) is 9.94. The molecule has 0 aliphatic heterocycles. The minimum Gasteiger partial charge on any atom is -0.372 e. The first-order valence-corrected chi connectivity index (χ1v) is 8.33. The zero-order valence-electron chi connectivity index (χ0n) is 11.7. The quantitative estimate of drug-likeness (QED) is 0.821. The number of ether oxygens (including phenoxy) is 1. The molecule has 3 nitrogen and oxygen atoms in total. The highest BCUT2D eigenvalue weighted by molar-refractivity contribution is 9.10. The number of hydrogen-bond donors (Lipinski definition) is 1. The van der Waals surface area contributed by atoms with Crippen molar-refractivity contribution in [3.05, 3.63) is 55.6 Å². The van der Waals surface area contributed by atoms with E-state index in [2.05, 4.69) is 21.2 Å². The fraction of sp³-hybridized carbons (Fsp3) is 0.267. The van der Waals surface area contributed by atoms with Crippen molar-refractivity contribution in [2.75, 3.05) is 13.7 Å². The third-order valence-electron chi connectivity index (χ3n) is 3.26. The lowest BCUT2D eigenvalue weighted by atomic mass is 9.95. The SMILES string of the molecule is COC(C)(CNC(=O)c1cc(Br)cs1)c1cccc(Cl)c1. The normalized spacial score (nSPS) is 13.7. The Morgan fingerprint density at radius 3 is 2.81 bits per heavy atom.